The van der Waals surface area contributed by atoms with Crippen LogP contribution in [0.1, 0.15) is 35.7 Å². The first-order chi connectivity index (χ1) is 12.3. The molecule has 1 aliphatic heterocycles. The maximum absolute atomic E-state index is 13.4. The predicted octanol–water partition coefficient (Wildman–Crippen LogP) is 2.01. The Labute approximate surface area is 152 Å². The molecule has 0 aliphatic carbocycles. The predicted molar refractivity (Wildman–Crippen MR) is 94.0 cm³/mol. The molecule has 7 heteroatoms. The monoisotopic (exact) mass is 364 g/mol. The Morgan fingerprint density at radius 2 is 1.92 bits per heavy atom. The Hall–Kier alpha value is -2.44. The van der Waals surface area contributed by atoms with E-state index in [-0.39, 0.29) is 29.9 Å². The number of piperidine rings is 1. The molecule has 0 unspecified atom stereocenters. The van der Waals surface area contributed by atoms with Crippen LogP contribution in [0, 0.1) is 18.7 Å². The molecule has 6 nitrogen and oxygen atoms in total. The largest absolute Gasteiger partial charge is 0.466 e. The van der Waals surface area contributed by atoms with E-state index in [0.717, 1.165) is 0 Å². The summed E-state index contributed by atoms with van der Waals surface area (Å²) in [7, 11) is 1.52. The summed E-state index contributed by atoms with van der Waals surface area (Å²) in [6.07, 6.45) is 1.12. The molecule has 0 atom stereocenters. The van der Waals surface area contributed by atoms with Crippen molar-refractivity contribution < 1.29 is 23.5 Å². The van der Waals surface area contributed by atoms with Crippen LogP contribution < -0.4 is 0 Å². The maximum Gasteiger partial charge on any atom is 0.309 e. The van der Waals surface area contributed by atoms with Crippen molar-refractivity contribution in [1.82, 2.24) is 9.80 Å². The Morgan fingerprint density at radius 1 is 1.27 bits per heavy atom. The maximum atomic E-state index is 13.4. The van der Waals surface area contributed by atoms with Crippen molar-refractivity contribution in [2.45, 2.75) is 26.7 Å². The number of esters is 1. The molecule has 0 N–H and O–H groups in total. The average Bonchev–Trinajstić information content (AvgIpc) is 2.63. The number of amides is 2. The van der Waals surface area contributed by atoms with Crippen LogP contribution in [0.3, 0.4) is 0 Å². The molecule has 2 rings (SSSR count). The second-order valence-corrected chi connectivity index (χ2v) is 6.53. The van der Waals surface area contributed by atoms with E-state index in [1.807, 2.05) is 0 Å². The lowest BCUT2D eigenvalue weighted by Gasteiger charge is -2.32. The van der Waals surface area contributed by atoms with Crippen LogP contribution >= 0.6 is 0 Å². The van der Waals surface area contributed by atoms with E-state index in [0.29, 0.717) is 38.1 Å². The third-order valence-electron chi connectivity index (χ3n) is 4.62. The molecule has 1 fully saturated rings. The van der Waals surface area contributed by atoms with Crippen LogP contribution in [-0.4, -0.2) is 60.9 Å². The molecule has 1 aromatic carbocycles. The molecular formula is C19H25FN2O4. The van der Waals surface area contributed by atoms with Gasteiger partial charge in [0.2, 0.25) is 5.91 Å². The molecule has 26 heavy (non-hydrogen) atoms. The van der Waals surface area contributed by atoms with Gasteiger partial charge >= 0.3 is 5.97 Å². The van der Waals surface area contributed by atoms with E-state index >= 15 is 0 Å². The molecular weight excluding hydrogens is 339 g/mol. The number of ether oxygens (including phenoxy) is 1. The molecule has 0 bridgehead atoms. The summed E-state index contributed by atoms with van der Waals surface area (Å²) in [5, 5.41) is 0. The number of hydrogen-bond donors (Lipinski definition) is 0. The molecule has 0 spiro atoms. The molecule has 2 amide bonds. The van der Waals surface area contributed by atoms with Crippen LogP contribution in [0.4, 0.5) is 4.39 Å². The number of aryl methyl sites for hydroxylation is 1. The average molecular weight is 364 g/mol. The summed E-state index contributed by atoms with van der Waals surface area (Å²) in [4.78, 5) is 39.6. The Balaban J connectivity index is 1.90. The molecule has 1 aromatic rings. The van der Waals surface area contributed by atoms with Gasteiger partial charge in [0.25, 0.3) is 5.91 Å². The summed E-state index contributed by atoms with van der Waals surface area (Å²) in [5.41, 5.74) is 0.910. The quantitative estimate of drug-likeness (QED) is 0.750. The van der Waals surface area contributed by atoms with Gasteiger partial charge in [-0.2, -0.15) is 0 Å². The highest BCUT2D eigenvalue weighted by Gasteiger charge is 2.29. The first-order valence-electron chi connectivity index (χ1n) is 8.79. The van der Waals surface area contributed by atoms with Crippen LogP contribution in [0.15, 0.2) is 18.2 Å². The van der Waals surface area contributed by atoms with Gasteiger partial charge in [-0.1, -0.05) is 6.07 Å². The minimum Gasteiger partial charge on any atom is -0.466 e. The van der Waals surface area contributed by atoms with E-state index in [4.69, 9.17) is 4.74 Å². The zero-order chi connectivity index (χ0) is 19.3. The Bertz CT molecular complexity index is 684. The number of hydrogen-bond acceptors (Lipinski definition) is 4. The van der Waals surface area contributed by atoms with Gasteiger partial charge in [-0.3, -0.25) is 14.4 Å². The highest BCUT2D eigenvalue weighted by molar-refractivity contribution is 5.97. The van der Waals surface area contributed by atoms with Gasteiger partial charge in [-0.25, -0.2) is 4.39 Å². The lowest BCUT2D eigenvalue weighted by Crippen LogP contribution is -2.45. The Morgan fingerprint density at radius 3 is 2.54 bits per heavy atom. The summed E-state index contributed by atoms with van der Waals surface area (Å²) in [6.45, 7) is 4.68. The first kappa shape index (κ1) is 19.9. The number of nitrogens with zero attached hydrogens (tertiary/aromatic N) is 2. The second-order valence-electron chi connectivity index (χ2n) is 6.53. The fraction of sp³-hybridized carbons (Fsp3) is 0.526. The topological polar surface area (TPSA) is 66.9 Å². The third-order valence-corrected chi connectivity index (χ3v) is 4.62. The van der Waals surface area contributed by atoms with Gasteiger partial charge in [0.05, 0.1) is 19.1 Å². The van der Waals surface area contributed by atoms with Crippen molar-refractivity contribution in [3.63, 3.8) is 0 Å². The van der Waals surface area contributed by atoms with Crippen LogP contribution in [-0.2, 0) is 14.3 Å². The van der Waals surface area contributed by atoms with E-state index in [1.54, 1.807) is 24.8 Å². The van der Waals surface area contributed by atoms with Crippen LogP contribution in [0.5, 0.6) is 0 Å². The molecule has 0 saturated carbocycles. The Kier molecular flexibility index (Phi) is 6.71. The zero-order valence-electron chi connectivity index (χ0n) is 15.5. The van der Waals surface area contributed by atoms with E-state index in [9.17, 15) is 18.8 Å². The van der Waals surface area contributed by atoms with E-state index in [2.05, 4.69) is 0 Å². The van der Waals surface area contributed by atoms with Crippen LogP contribution in [0.25, 0.3) is 0 Å². The van der Waals surface area contributed by atoms with Crippen molar-refractivity contribution in [2.75, 3.05) is 33.3 Å². The standard InChI is InChI=1S/C19H25FN2O4/c1-4-26-19(25)14-7-9-22(10-8-14)17(23)12-21(3)18(24)16-11-15(20)6-5-13(16)2/h5-6,11,14H,4,7-10,12H2,1-3H3. The van der Waals surface area contributed by atoms with Gasteiger partial charge in [0.1, 0.15) is 5.82 Å². The van der Waals surface area contributed by atoms with E-state index < -0.39 is 11.7 Å². The summed E-state index contributed by atoms with van der Waals surface area (Å²) >= 11 is 0. The number of likely N-dealkylation sites (N-methyl/N-ethyl adjacent to an activating group) is 1. The summed E-state index contributed by atoms with van der Waals surface area (Å²) < 4.78 is 18.4. The fourth-order valence-corrected chi connectivity index (χ4v) is 3.03. The first-order valence-corrected chi connectivity index (χ1v) is 8.79. The minimum absolute atomic E-state index is 0.0845. The fourth-order valence-electron chi connectivity index (χ4n) is 3.03. The lowest BCUT2D eigenvalue weighted by atomic mass is 9.97. The van der Waals surface area contributed by atoms with Crippen molar-refractivity contribution in [3.05, 3.63) is 35.1 Å². The normalized spacial score (nSPS) is 14.8. The second kappa shape index (κ2) is 8.78. The van der Waals surface area contributed by atoms with Gasteiger partial charge in [-0.15, -0.1) is 0 Å². The van der Waals surface area contributed by atoms with Gasteiger partial charge in [0.15, 0.2) is 0 Å². The molecule has 1 aliphatic rings. The molecule has 0 radical (unpaired) electrons. The minimum atomic E-state index is -0.486. The van der Waals surface area contributed by atoms with Crippen LogP contribution in [0.2, 0.25) is 0 Å². The third kappa shape index (κ3) is 4.80. The van der Waals surface area contributed by atoms with Gasteiger partial charge < -0.3 is 14.5 Å². The number of rotatable bonds is 5. The van der Waals surface area contributed by atoms with Crippen molar-refractivity contribution in [3.8, 4) is 0 Å². The van der Waals surface area contributed by atoms with Crippen molar-refractivity contribution in [1.29, 1.82) is 0 Å². The highest BCUT2D eigenvalue weighted by Crippen LogP contribution is 2.19. The molecule has 1 saturated heterocycles. The molecule has 1 heterocycles. The van der Waals surface area contributed by atoms with Gasteiger partial charge in [0, 0.05) is 25.7 Å². The zero-order valence-corrected chi connectivity index (χ0v) is 15.5. The van der Waals surface area contributed by atoms with E-state index in [1.165, 1.54) is 24.1 Å². The summed E-state index contributed by atoms with van der Waals surface area (Å²) in [6, 6.07) is 4.02. The smallest absolute Gasteiger partial charge is 0.309 e. The number of halogens is 1. The summed E-state index contributed by atoms with van der Waals surface area (Å²) in [5.74, 6) is -1.45. The lowest BCUT2D eigenvalue weighted by molar-refractivity contribution is -0.151. The number of carbonyl (C=O) groups is 3. The SMILES string of the molecule is CCOC(=O)C1CCN(C(=O)CN(C)C(=O)c2cc(F)ccc2C)CC1. The van der Waals surface area contributed by atoms with Crippen molar-refractivity contribution >= 4 is 17.8 Å². The number of benzene rings is 1. The van der Waals surface area contributed by atoms with Crippen molar-refractivity contribution in [2.24, 2.45) is 5.92 Å². The molecule has 142 valence electrons. The van der Waals surface area contributed by atoms with Gasteiger partial charge in [-0.05, 0) is 44.4 Å². The number of carbonyl (C=O) groups excluding carboxylic acids is 3. The highest BCUT2D eigenvalue weighted by atomic mass is 19.1. The molecule has 0 aromatic heterocycles. The number of likely N-dealkylation sites (tertiary alicyclic amines) is 1.